The number of fused-ring (bicyclic) bond motifs is 3. The molecule has 2 atom stereocenters. The molecule has 4 nitrogen and oxygen atoms in total. The van der Waals surface area contributed by atoms with Crippen molar-refractivity contribution in [2.75, 3.05) is 13.1 Å². The third-order valence-electron chi connectivity index (χ3n) is 6.51. The number of hydrogen-bond acceptors (Lipinski definition) is 4. The predicted octanol–water partition coefficient (Wildman–Crippen LogP) is 4.96. The first-order chi connectivity index (χ1) is 14.1. The van der Waals surface area contributed by atoms with Crippen molar-refractivity contribution in [3.63, 3.8) is 0 Å². The van der Waals surface area contributed by atoms with Gasteiger partial charge in [0.1, 0.15) is 10.7 Å². The van der Waals surface area contributed by atoms with Gasteiger partial charge < -0.3 is 4.98 Å². The van der Waals surface area contributed by atoms with E-state index in [1.165, 1.54) is 28.0 Å². The van der Waals surface area contributed by atoms with E-state index in [4.69, 9.17) is 4.98 Å². The molecule has 29 heavy (non-hydrogen) atoms. The van der Waals surface area contributed by atoms with Crippen LogP contribution in [-0.2, 0) is 12.8 Å². The van der Waals surface area contributed by atoms with Crippen LogP contribution in [-0.4, -0.2) is 28.0 Å². The fourth-order valence-corrected chi connectivity index (χ4v) is 6.08. The Morgan fingerprint density at radius 2 is 2.07 bits per heavy atom. The van der Waals surface area contributed by atoms with E-state index >= 15 is 0 Å². The van der Waals surface area contributed by atoms with Gasteiger partial charge in [-0.2, -0.15) is 0 Å². The molecule has 2 aliphatic rings. The molecule has 0 bridgehead atoms. The quantitative estimate of drug-likeness (QED) is 0.670. The molecule has 0 saturated carbocycles. The number of aryl methyl sites for hydroxylation is 1. The molecule has 2 aromatic heterocycles. The van der Waals surface area contributed by atoms with Gasteiger partial charge >= 0.3 is 0 Å². The standard InChI is InChI=1S/C24H27N3OS/c1-15-8-9-19-20(14-15)29-24-21(19)23(28)25-22(26-24)16(2)27-12-10-18(11-13-27)17-6-4-3-5-7-17/h3-7,10,15-16H,8-9,11-14H2,1-2H3,(H,25,26,28)/t15-,16+/m1/s1. The van der Waals surface area contributed by atoms with Gasteiger partial charge in [0.2, 0.25) is 0 Å². The second-order valence-electron chi connectivity index (χ2n) is 8.50. The first kappa shape index (κ1) is 18.8. The molecule has 1 aliphatic carbocycles. The number of benzene rings is 1. The first-order valence-corrected chi connectivity index (χ1v) is 11.4. The van der Waals surface area contributed by atoms with Gasteiger partial charge in [0.15, 0.2) is 0 Å². The number of aromatic amines is 1. The van der Waals surface area contributed by atoms with E-state index in [2.05, 4.69) is 60.1 Å². The van der Waals surface area contributed by atoms with E-state index < -0.39 is 0 Å². The van der Waals surface area contributed by atoms with Crippen LogP contribution in [0.25, 0.3) is 15.8 Å². The molecular formula is C24H27N3OS. The molecule has 5 rings (SSSR count). The highest BCUT2D eigenvalue weighted by Crippen LogP contribution is 2.36. The minimum atomic E-state index is 0.0430. The van der Waals surface area contributed by atoms with Gasteiger partial charge in [-0.05, 0) is 55.2 Å². The van der Waals surface area contributed by atoms with E-state index in [9.17, 15) is 4.79 Å². The van der Waals surface area contributed by atoms with Crippen LogP contribution in [0.3, 0.4) is 0 Å². The molecule has 1 N–H and O–H groups in total. The van der Waals surface area contributed by atoms with Gasteiger partial charge in [0, 0.05) is 18.0 Å². The maximum absolute atomic E-state index is 12.9. The van der Waals surface area contributed by atoms with Gasteiger partial charge in [-0.1, -0.05) is 43.3 Å². The Morgan fingerprint density at radius 1 is 1.24 bits per heavy atom. The van der Waals surface area contributed by atoms with Gasteiger partial charge in [-0.15, -0.1) is 11.3 Å². The van der Waals surface area contributed by atoms with Crippen LogP contribution < -0.4 is 5.56 Å². The van der Waals surface area contributed by atoms with Gasteiger partial charge in [-0.25, -0.2) is 4.98 Å². The SMILES string of the molecule is C[C@@H]1CCc2c(sc3nc([C@H](C)N4CC=C(c5ccccc5)CC4)[nH]c(=O)c23)C1. The van der Waals surface area contributed by atoms with Gasteiger partial charge in [0.25, 0.3) is 5.56 Å². The van der Waals surface area contributed by atoms with Gasteiger partial charge in [-0.3, -0.25) is 9.69 Å². The van der Waals surface area contributed by atoms with Crippen molar-refractivity contribution in [3.05, 3.63) is 68.6 Å². The van der Waals surface area contributed by atoms with E-state index in [0.29, 0.717) is 5.92 Å². The third kappa shape index (κ3) is 3.47. The molecular weight excluding hydrogens is 378 g/mol. The normalized spacial score (nSPS) is 21.0. The first-order valence-electron chi connectivity index (χ1n) is 10.6. The number of thiophene rings is 1. The predicted molar refractivity (Wildman–Crippen MR) is 120 cm³/mol. The summed E-state index contributed by atoms with van der Waals surface area (Å²) in [5, 5.41) is 0.845. The molecule has 150 valence electrons. The van der Waals surface area contributed by atoms with Gasteiger partial charge in [0.05, 0.1) is 11.4 Å². The maximum Gasteiger partial charge on any atom is 0.259 e. The fraction of sp³-hybridized carbons (Fsp3) is 0.417. The molecule has 0 saturated heterocycles. The van der Waals surface area contributed by atoms with E-state index in [1.54, 1.807) is 11.3 Å². The summed E-state index contributed by atoms with van der Waals surface area (Å²) >= 11 is 1.73. The van der Waals surface area contributed by atoms with Crippen LogP contribution in [0.4, 0.5) is 0 Å². The molecule has 3 heterocycles. The summed E-state index contributed by atoms with van der Waals surface area (Å²) in [5.41, 5.74) is 4.02. The maximum atomic E-state index is 12.9. The number of H-pyrrole nitrogens is 1. The average Bonchev–Trinajstić information content (AvgIpc) is 3.11. The molecule has 5 heteroatoms. The lowest BCUT2D eigenvalue weighted by Crippen LogP contribution is -2.33. The highest BCUT2D eigenvalue weighted by molar-refractivity contribution is 7.18. The minimum absolute atomic E-state index is 0.0430. The van der Waals surface area contributed by atoms with E-state index in [-0.39, 0.29) is 11.6 Å². The summed E-state index contributed by atoms with van der Waals surface area (Å²) in [6, 6.07) is 10.7. The van der Waals surface area contributed by atoms with Crippen molar-refractivity contribution in [1.82, 2.24) is 14.9 Å². The number of aromatic nitrogens is 2. The average molecular weight is 406 g/mol. The topological polar surface area (TPSA) is 49.0 Å². The number of hydrogen-bond donors (Lipinski definition) is 1. The Bertz CT molecular complexity index is 1130. The largest absolute Gasteiger partial charge is 0.309 e. The zero-order valence-electron chi connectivity index (χ0n) is 17.1. The summed E-state index contributed by atoms with van der Waals surface area (Å²) in [4.78, 5) is 25.6. The zero-order chi connectivity index (χ0) is 20.0. The fourth-order valence-electron chi connectivity index (χ4n) is 4.69. The lowest BCUT2D eigenvalue weighted by atomic mass is 9.89. The van der Waals surface area contributed by atoms with Crippen LogP contribution in [0.2, 0.25) is 0 Å². The van der Waals surface area contributed by atoms with Crippen molar-refractivity contribution in [1.29, 1.82) is 0 Å². The van der Waals surface area contributed by atoms with Crippen LogP contribution in [0.5, 0.6) is 0 Å². The number of nitrogens with zero attached hydrogens (tertiary/aromatic N) is 2. The molecule has 1 aliphatic heterocycles. The Balaban J connectivity index is 1.41. The van der Waals surface area contributed by atoms with Crippen LogP contribution in [0.15, 0.2) is 41.2 Å². The molecule has 0 unspecified atom stereocenters. The summed E-state index contributed by atoms with van der Waals surface area (Å²) in [5.74, 6) is 1.50. The molecule has 0 radical (unpaired) electrons. The second-order valence-corrected chi connectivity index (χ2v) is 9.58. The van der Waals surface area contributed by atoms with Crippen LogP contribution in [0, 0.1) is 5.92 Å². The van der Waals surface area contributed by atoms with Crippen molar-refractivity contribution in [3.8, 4) is 0 Å². The monoisotopic (exact) mass is 405 g/mol. The molecule has 3 aromatic rings. The number of rotatable bonds is 3. The lowest BCUT2D eigenvalue weighted by molar-refractivity contribution is 0.225. The molecule has 1 aromatic carbocycles. The smallest absolute Gasteiger partial charge is 0.259 e. The van der Waals surface area contributed by atoms with Crippen molar-refractivity contribution in [2.24, 2.45) is 5.92 Å². The number of nitrogens with one attached hydrogen (secondary N) is 1. The van der Waals surface area contributed by atoms with Crippen LogP contribution in [0.1, 0.15) is 54.6 Å². The Hall–Kier alpha value is -2.24. The Kier molecular flexibility index (Phi) is 4.88. The second kappa shape index (κ2) is 7.54. The van der Waals surface area contributed by atoms with E-state index in [1.807, 2.05) is 0 Å². The van der Waals surface area contributed by atoms with Crippen molar-refractivity contribution in [2.45, 2.75) is 45.6 Å². The van der Waals surface area contributed by atoms with Crippen molar-refractivity contribution < 1.29 is 0 Å². The summed E-state index contributed by atoms with van der Waals surface area (Å²) in [6.07, 6.45) is 6.60. The minimum Gasteiger partial charge on any atom is -0.309 e. The summed E-state index contributed by atoms with van der Waals surface area (Å²) in [7, 11) is 0. The highest BCUT2D eigenvalue weighted by Gasteiger charge is 2.25. The van der Waals surface area contributed by atoms with Crippen molar-refractivity contribution >= 4 is 27.1 Å². The van der Waals surface area contributed by atoms with E-state index in [0.717, 1.165) is 48.4 Å². The highest BCUT2D eigenvalue weighted by atomic mass is 32.1. The van der Waals surface area contributed by atoms with Crippen LogP contribution >= 0.6 is 11.3 Å². The Labute approximate surface area is 175 Å². The molecule has 0 spiro atoms. The third-order valence-corrected chi connectivity index (χ3v) is 7.66. The Morgan fingerprint density at radius 3 is 2.83 bits per heavy atom. The zero-order valence-corrected chi connectivity index (χ0v) is 17.9. The molecule has 0 fully saturated rings. The lowest BCUT2D eigenvalue weighted by Gasteiger charge is -2.31. The summed E-state index contributed by atoms with van der Waals surface area (Å²) < 4.78 is 0. The molecule has 0 amide bonds. The summed E-state index contributed by atoms with van der Waals surface area (Å²) in [6.45, 7) is 6.31.